The molecule has 0 spiro atoms. The van der Waals surface area contributed by atoms with E-state index in [0.717, 1.165) is 23.3 Å². The van der Waals surface area contributed by atoms with Crippen molar-refractivity contribution >= 4 is 17.3 Å². The quantitative estimate of drug-likeness (QED) is 0.861. The minimum Gasteiger partial charge on any atom is -0.396 e. The highest BCUT2D eigenvalue weighted by molar-refractivity contribution is 6.07. The van der Waals surface area contributed by atoms with Gasteiger partial charge >= 0.3 is 0 Å². The van der Waals surface area contributed by atoms with Gasteiger partial charge in [-0.2, -0.15) is 0 Å². The Hall–Kier alpha value is -2.43. The fourth-order valence-corrected chi connectivity index (χ4v) is 2.22. The maximum absolute atomic E-state index is 13.9. The zero-order chi connectivity index (χ0) is 15.7. The number of nitrogen functional groups attached to an aromatic ring is 1. The molecule has 0 fully saturated rings. The van der Waals surface area contributed by atoms with Crippen molar-refractivity contribution in [3.05, 3.63) is 58.7 Å². The summed E-state index contributed by atoms with van der Waals surface area (Å²) >= 11 is 0. The molecule has 2 N–H and O–H groups in total. The number of halogens is 2. The second kappa shape index (κ2) is 5.52. The third-order valence-corrected chi connectivity index (χ3v) is 3.35. The predicted molar refractivity (Wildman–Crippen MR) is 79.4 cm³/mol. The molecule has 0 atom stereocenters. The maximum Gasteiger partial charge on any atom is 0.264 e. The number of hydrogen-bond donors (Lipinski definition) is 1. The maximum atomic E-state index is 13.9. The van der Waals surface area contributed by atoms with E-state index >= 15 is 0 Å². The van der Waals surface area contributed by atoms with Crippen LogP contribution < -0.4 is 10.6 Å². The first-order valence-corrected chi connectivity index (χ1v) is 6.41. The first-order chi connectivity index (χ1) is 9.82. The molecule has 2 rings (SSSR count). The molecule has 0 radical (unpaired) electrons. The Balaban J connectivity index is 2.47. The summed E-state index contributed by atoms with van der Waals surface area (Å²) in [6.45, 7) is 3.76. The summed E-state index contributed by atoms with van der Waals surface area (Å²) in [5, 5.41) is 0. The number of nitrogens with zero attached hydrogens (tertiary/aromatic N) is 1. The molecule has 0 unspecified atom stereocenters. The summed E-state index contributed by atoms with van der Waals surface area (Å²) in [6, 6.07) is 7.55. The van der Waals surface area contributed by atoms with Crippen LogP contribution in [0.3, 0.4) is 0 Å². The number of aryl methyl sites for hydroxylation is 2. The van der Waals surface area contributed by atoms with Crippen LogP contribution in [0.1, 0.15) is 21.5 Å². The van der Waals surface area contributed by atoms with Crippen LogP contribution in [0.15, 0.2) is 30.3 Å². The lowest BCUT2D eigenvalue weighted by Gasteiger charge is -2.20. The van der Waals surface area contributed by atoms with Gasteiger partial charge in [-0.05, 0) is 37.6 Å². The van der Waals surface area contributed by atoms with Gasteiger partial charge in [0.2, 0.25) is 0 Å². The number of carbonyl (C=O) groups excluding carboxylic acids is 1. The van der Waals surface area contributed by atoms with Crippen LogP contribution >= 0.6 is 0 Å². The van der Waals surface area contributed by atoms with Crippen LogP contribution in [0.4, 0.5) is 20.2 Å². The molecule has 110 valence electrons. The van der Waals surface area contributed by atoms with E-state index in [1.807, 2.05) is 26.0 Å². The van der Waals surface area contributed by atoms with E-state index in [1.165, 1.54) is 11.9 Å². The van der Waals surface area contributed by atoms with Gasteiger partial charge in [-0.1, -0.05) is 17.7 Å². The van der Waals surface area contributed by atoms with Gasteiger partial charge in [0.1, 0.15) is 11.4 Å². The summed E-state index contributed by atoms with van der Waals surface area (Å²) in [4.78, 5) is 13.6. The number of hydrogen-bond acceptors (Lipinski definition) is 2. The van der Waals surface area contributed by atoms with Gasteiger partial charge in [-0.15, -0.1) is 0 Å². The molecule has 5 heteroatoms. The Morgan fingerprint density at radius 2 is 1.81 bits per heavy atom. The van der Waals surface area contributed by atoms with E-state index in [4.69, 9.17) is 5.73 Å². The Morgan fingerprint density at radius 3 is 2.43 bits per heavy atom. The van der Waals surface area contributed by atoms with Crippen LogP contribution in [0, 0.1) is 25.5 Å². The minimum atomic E-state index is -1.03. The van der Waals surface area contributed by atoms with Gasteiger partial charge < -0.3 is 10.6 Å². The monoisotopic (exact) mass is 290 g/mol. The normalized spacial score (nSPS) is 10.5. The van der Waals surface area contributed by atoms with Gasteiger partial charge in [0.25, 0.3) is 5.91 Å². The van der Waals surface area contributed by atoms with E-state index in [1.54, 1.807) is 6.07 Å². The van der Waals surface area contributed by atoms with E-state index < -0.39 is 23.1 Å². The van der Waals surface area contributed by atoms with Crippen LogP contribution in [0.2, 0.25) is 0 Å². The van der Waals surface area contributed by atoms with Gasteiger partial charge in [0, 0.05) is 12.7 Å². The van der Waals surface area contributed by atoms with Crippen molar-refractivity contribution < 1.29 is 13.6 Å². The average Bonchev–Trinajstić information content (AvgIpc) is 2.42. The van der Waals surface area contributed by atoms with Crippen LogP contribution in [0.5, 0.6) is 0 Å². The third kappa shape index (κ3) is 2.72. The van der Waals surface area contributed by atoms with Crippen LogP contribution in [-0.2, 0) is 0 Å². The molecular formula is C16H16F2N2O. The van der Waals surface area contributed by atoms with Gasteiger partial charge in [-0.3, -0.25) is 4.79 Å². The fourth-order valence-electron chi connectivity index (χ4n) is 2.22. The lowest BCUT2D eigenvalue weighted by molar-refractivity contribution is 0.0985. The number of carbonyl (C=O) groups is 1. The second-order valence-corrected chi connectivity index (χ2v) is 4.98. The molecule has 0 heterocycles. The van der Waals surface area contributed by atoms with Crippen molar-refractivity contribution in [2.75, 3.05) is 17.7 Å². The minimum absolute atomic E-state index is 0.256. The first kappa shape index (κ1) is 15.0. The Kier molecular flexibility index (Phi) is 3.93. The van der Waals surface area contributed by atoms with Crippen molar-refractivity contribution in [2.45, 2.75) is 13.8 Å². The number of amides is 1. The number of rotatable bonds is 2. The summed E-state index contributed by atoms with van der Waals surface area (Å²) < 4.78 is 27.7. The summed E-state index contributed by atoms with van der Waals surface area (Å²) in [7, 11) is 1.47. The van der Waals surface area contributed by atoms with Gasteiger partial charge in [0.05, 0.1) is 5.69 Å². The van der Waals surface area contributed by atoms with E-state index in [-0.39, 0.29) is 5.69 Å². The topological polar surface area (TPSA) is 46.3 Å². The Labute approximate surface area is 122 Å². The highest BCUT2D eigenvalue weighted by Crippen LogP contribution is 2.25. The third-order valence-electron chi connectivity index (χ3n) is 3.35. The highest BCUT2D eigenvalue weighted by atomic mass is 19.1. The average molecular weight is 290 g/mol. The molecule has 0 saturated heterocycles. The second-order valence-electron chi connectivity index (χ2n) is 4.98. The van der Waals surface area contributed by atoms with Crippen molar-refractivity contribution in [3.8, 4) is 0 Å². The van der Waals surface area contributed by atoms with Crippen molar-refractivity contribution in [1.29, 1.82) is 0 Å². The standard InChI is InChI=1S/C16H16F2N2O/c1-9-4-7-13(10(2)8-9)20(3)16(21)14-11(17)5-6-12(19)15(14)18/h4-8H,19H2,1-3H3. The lowest BCUT2D eigenvalue weighted by atomic mass is 10.1. The van der Waals surface area contributed by atoms with E-state index in [2.05, 4.69) is 0 Å². The molecule has 2 aromatic rings. The van der Waals surface area contributed by atoms with Crippen molar-refractivity contribution in [2.24, 2.45) is 0 Å². The smallest absolute Gasteiger partial charge is 0.264 e. The number of anilines is 2. The largest absolute Gasteiger partial charge is 0.396 e. The molecule has 3 nitrogen and oxygen atoms in total. The molecule has 0 aromatic heterocycles. The first-order valence-electron chi connectivity index (χ1n) is 6.41. The summed E-state index contributed by atoms with van der Waals surface area (Å²) in [6.07, 6.45) is 0. The van der Waals surface area contributed by atoms with Crippen molar-refractivity contribution in [1.82, 2.24) is 0 Å². The molecule has 2 aromatic carbocycles. The molecule has 0 aliphatic rings. The zero-order valence-corrected chi connectivity index (χ0v) is 12.1. The summed E-state index contributed by atoms with van der Waals surface area (Å²) in [5.74, 6) is -2.73. The van der Waals surface area contributed by atoms with Gasteiger partial charge in [0.15, 0.2) is 5.82 Å². The predicted octanol–water partition coefficient (Wildman–Crippen LogP) is 3.44. The Bertz CT molecular complexity index is 714. The van der Waals surface area contributed by atoms with E-state index in [9.17, 15) is 13.6 Å². The fraction of sp³-hybridized carbons (Fsp3) is 0.188. The molecule has 0 saturated carbocycles. The molecule has 0 aliphatic carbocycles. The molecule has 0 bridgehead atoms. The molecule has 21 heavy (non-hydrogen) atoms. The highest BCUT2D eigenvalue weighted by Gasteiger charge is 2.24. The molecule has 1 amide bonds. The Morgan fingerprint density at radius 1 is 1.14 bits per heavy atom. The number of benzene rings is 2. The lowest BCUT2D eigenvalue weighted by Crippen LogP contribution is -2.29. The molecular weight excluding hydrogens is 274 g/mol. The van der Waals surface area contributed by atoms with Crippen LogP contribution in [0.25, 0.3) is 0 Å². The zero-order valence-electron chi connectivity index (χ0n) is 12.1. The molecule has 0 aliphatic heterocycles. The van der Waals surface area contributed by atoms with E-state index in [0.29, 0.717) is 5.69 Å². The number of nitrogens with two attached hydrogens (primary N) is 1. The SMILES string of the molecule is Cc1ccc(N(C)C(=O)c2c(F)ccc(N)c2F)c(C)c1. The van der Waals surface area contributed by atoms with Gasteiger partial charge in [-0.25, -0.2) is 8.78 Å². The van der Waals surface area contributed by atoms with Crippen LogP contribution in [-0.4, -0.2) is 13.0 Å². The summed E-state index contributed by atoms with van der Waals surface area (Å²) in [5.41, 5.74) is 6.98. The van der Waals surface area contributed by atoms with Crippen molar-refractivity contribution in [3.63, 3.8) is 0 Å².